The molecule has 0 bridgehead atoms. The smallest absolute Gasteiger partial charge is 0.255 e. The molecule has 114 valence electrons. The Bertz CT molecular complexity index is 441. The maximum absolute atomic E-state index is 12.1. The first-order valence-electron chi connectivity index (χ1n) is 5.91. The number of amides is 1. The molecule has 0 spiro atoms. The van der Waals surface area contributed by atoms with Crippen LogP contribution in [0.1, 0.15) is 10.4 Å². The number of likely N-dealkylation sites (N-methyl/N-ethyl adjacent to an activating group) is 1. The first-order valence-corrected chi connectivity index (χ1v) is 5.91. The van der Waals surface area contributed by atoms with Gasteiger partial charge in [-0.05, 0) is 19.2 Å². The Hall–Kier alpha value is -1.66. The highest BCUT2D eigenvalue weighted by Crippen LogP contribution is 2.39. The van der Waals surface area contributed by atoms with E-state index in [1.165, 1.54) is 21.3 Å². The summed E-state index contributed by atoms with van der Waals surface area (Å²) >= 11 is 0. The van der Waals surface area contributed by atoms with Crippen LogP contribution in [0.5, 0.6) is 17.2 Å². The Labute approximate surface area is 125 Å². The monoisotopic (exact) mass is 304 g/mol. The van der Waals surface area contributed by atoms with Crippen molar-refractivity contribution in [3.8, 4) is 17.2 Å². The second-order valence-corrected chi connectivity index (χ2v) is 3.74. The van der Waals surface area contributed by atoms with Crippen molar-refractivity contribution in [2.45, 2.75) is 0 Å². The molecule has 0 radical (unpaired) electrons. The largest absolute Gasteiger partial charge is 0.493 e. The van der Waals surface area contributed by atoms with E-state index in [4.69, 9.17) is 14.2 Å². The Morgan fingerprint density at radius 2 is 1.70 bits per heavy atom. The van der Waals surface area contributed by atoms with Crippen LogP contribution in [0.2, 0.25) is 0 Å². The van der Waals surface area contributed by atoms with Gasteiger partial charge in [0, 0.05) is 13.1 Å². The number of hydrogen-bond donors (Lipinski definition) is 2. The van der Waals surface area contributed by atoms with Gasteiger partial charge in [-0.25, -0.2) is 0 Å². The van der Waals surface area contributed by atoms with Gasteiger partial charge in [0.1, 0.15) is 0 Å². The van der Waals surface area contributed by atoms with Crippen LogP contribution < -0.4 is 24.8 Å². The van der Waals surface area contributed by atoms with Crippen LogP contribution in [-0.2, 0) is 0 Å². The van der Waals surface area contributed by atoms with Crippen molar-refractivity contribution in [3.05, 3.63) is 17.7 Å². The zero-order chi connectivity index (χ0) is 14.3. The molecule has 0 saturated heterocycles. The molecular formula is C13H21ClN2O4. The van der Waals surface area contributed by atoms with Gasteiger partial charge in [0.2, 0.25) is 5.75 Å². The molecule has 0 aliphatic rings. The van der Waals surface area contributed by atoms with E-state index < -0.39 is 0 Å². The molecule has 0 saturated carbocycles. The van der Waals surface area contributed by atoms with E-state index >= 15 is 0 Å². The normalized spacial score (nSPS) is 9.40. The predicted molar refractivity (Wildman–Crippen MR) is 79.6 cm³/mol. The summed E-state index contributed by atoms with van der Waals surface area (Å²) in [7, 11) is 6.35. The Kier molecular flexibility index (Phi) is 8.51. The first-order chi connectivity index (χ1) is 9.19. The summed E-state index contributed by atoms with van der Waals surface area (Å²) in [5.74, 6) is 1.08. The average Bonchev–Trinajstić information content (AvgIpc) is 2.45. The minimum Gasteiger partial charge on any atom is -0.493 e. The van der Waals surface area contributed by atoms with Gasteiger partial charge in [-0.15, -0.1) is 12.4 Å². The van der Waals surface area contributed by atoms with Gasteiger partial charge in [-0.3, -0.25) is 4.79 Å². The molecule has 6 nitrogen and oxygen atoms in total. The van der Waals surface area contributed by atoms with Crippen LogP contribution >= 0.6 is 12.4 Å². The average molecular weight is 305 g/mol. The molecule has 0 aliphatic heterocycles. The summed E-state index contributed by atoms with van der Waals surface area (Å²) in [6.07, 6.45) is 0. The zero-order valence-corrected chi connectivity index (χ0v) is 12.9. The molecule has 0 aliphatic carbocycles. The maximum atomic E-state index is 12.1. The lowest BCUT2D eigenvalue weighted by molar-refractivity contribution is 0.0950. The summed E-state index contributed by atoms with van der Waals surface area (Å²) in [6, 6.07) is 3.32. The van der Waals surface area contributed by atoms with Gasteiger partial charge in [-0.1, -0.05) is 0 Å². The Morgan fingerprint density at radius 3 is 2.20 bits per heavy atom. The number of carbonyl (C=O) groups is 1. The third-order valence-corrected chi connectivity index (χ3v) is 2.61. The SMILES string of the molecule is CNCCNC(=O)c1ccc(OC)c(OC)c1OC.Cl. The third-order valence-electron chi connectivity index (χ3n) is 2.61. The fraction of sp³-hybridized carbons (Fsp3) is 0.462. The maximum Gasteiger partial charge on any atom is 0.255 e. The summed E-state index contributed by atoms with van der Waals surface area (Å²) in [5.41, 5.74) is 0.413. The lowest BCUT2D eigenvalue weighted by atomic mass is 10.1. The summed E-state index contributed by atoms with van der Waals surface area (Å²) in [6.45, 7) is 1.23. The predicted octanol–water partition coefficient (Wildman–Crippen LogP) is 1.08. The van der Waals surface area contributed by atoms with Crippen molar-refractivity contribution in [2.24, 2.45) is 0 Å². The molecule has 0 heterocycles. The van der Waals surface area contributed by atoms with E-state index in [0.29, 0.717) is 35.9 Å². The fourth-order valence-corrected chi connectivity index (χ4v) is 1.68. The van der Waals surface area contributed by atoms with Crippen LogP contribution in [0.4, 0.5) is 0 Å². The molecule has 1 aromatic carbocycles. The highest BCUT2D eigenvalue weighted by molar-refractivity contribution is 5.98. The van der Waals surface area contributed by atoms with Gasteiger partial charge >= 0.3 is 0 Å². The van der Waals surface area contributed by atoms with Gasteiger partial charge < -0.3 is 24.8 Å². The van der Waals surface area contributed by atoms with Crippen LogP contribution in [0.15, 0.2) is 12.1 Å². The molecule has 0 unspecified atom stereocenters. The summed E-state index contributed by atoms with van der Waals surface area (Å²) < 4.78 is 15.7. The van der Waals surface area contributed by atoms with Gasteiger partial charge in [-0.2, -0.15) is 0 Å². The van der Waals surface area contributed by atoms with Crippen molar-refractivity contribution < 1.29 is 19.0 Å². The number of carbonyl (C=O) groups excluding carboxylic acids is 1. The van der Waals surface area contributed by atoms with E-state index in [9.17, 15) is 4.79 Å². The van der Waals surface area contributed by atoms with E-state index in [-0.39, 0.29) is 18.3 Å². The van der Waals surface area contributed by atoms with Crippen molar-refractivity contribution >= 4 is 18.3 Å². The molecule has 1 rings (SSSR count). The first kappa shape index (κ1) is 18.3. The van der Waals surface area contributed by atoms with Crippen LogP contribution in [0.3, 0.4) is 0 Å². The van der Waals surface area contributed by atoms with Crippen molar-refractivity contribution in [1.29, 1.82) is 0 Å². The van der Waals surface area contributed by atoms with E-state index in [2.05, 4.69) is 10.6 Å². The number of methoxy groups -OCH3 is 3. The highest BCUT2D eigenvalue weighted by Gasteiger charge is 2.20. The number of ether oxygens (including phenoxy) is 3. The highest BCUT2D eigenvalue weighted by atomic mass is 35.5. The summed E-state index contributed by atoms with van der Waals surface area (Å²) in [5, 5.41) is 5.74. The van der Waals surface area contributed by atoms with Crippen molar-refractivity contribution in [1.82, 2.24) is 10.6 Å². The second-order valence-electron chi connectivity index (χ2n) is 3.74. The quantitative estimate of drug-likeness (QED) is 0.738. The lowest BCUT2D eigenvalue weighted by Crippen LogP contribution is -2.30. The molecule has 1 aromatic rings. The molecule has 0 atom stereocenters. The van der Waals surface area contributed by atoms with E-state index in [1.54, 1.807) is 12.1 Å². The van der Waals surface area contributed by atoms with Crippen molar-refractivity contribution in [2.75, 3.05) is 41.5 Å². The van der Waals surface area contributed by atoms with E-state index in [1.807, 2.05) is 7.05 Å². The second kappa shape index (κ2) is 9.28. The number of nitrogens with one attached hydrogen (secondary N) is 2. The lowest BCUT2D eigenvalue weighted by Gasteiger charge is -2.15. The number of rotatable bonds is 7. The topological polar surface area (TPSA) is 68.8 Å². The molecule has 0 fully saturated rings. The van der Waals surface area contributed by atoms with Gasteiger partial charge in [0.25, 0.3) is 5.91 Å². The summed E-state index contributed by atoms with van der Waals surface area (Å²) in [4.78, 5) is 12.1. The Balaban J connectivity index is 0.00000361. The van der Waals surface area contributed by atoms with E-state index in [0.717, 1.165) is 0 Å². The minimum atomic E-state index is -0.215. The molecule has 0 aromatic heterocycles. The number of benzene rings is 1. The zero-order valence-electron chi connectivity index (χ0n) is 12.1. The molecule has 7 heteroatoms. The third kappa shape index (κ3) is 4.18. The fourth-order valence-electron chi connectivity index (χ4n) is 1.68. The van der Waals surface area contributed by atoms with Gasteiger partial charge in [0.05, 0.1) is 26.9 Å². The molecule has 1 amide bonds. The molecule has 2 N–H and O–H groups in total. The van der Waals surface area contributed by atoms with Crippen LogP contribution in [0.25, 0.3) is 0 Å². The number of halogens is 1. The van der Waals surface area contributed by atoms with Crippen LogP contribution in [-0.4, -0.2) is 47.4 Å². The number of hydrogen-bond acceptors (Lipinski definition) is 5. The Morgan fingerprint density at radius 1 is 1.05 bits per heavy atom. The van der Waals surface area contributed by atoms with Crippen LogP contribution in [0, 0.1) is 0 Å². The van der Waals surface area contributed by atoms with Gasteiger partial charge in [0.15, 0.2) is 11.5 Å². The molecular weight excluding hydrogens is 284 g/mol. The standard InChI is InChI=1S/C13H20N2O4.ClH/c1-14-7-8-15-13(16)9-5-6-10(17-2)12(19-4)11(9)18-3;/h5-6,14H,7-8H2,1-4H3,(H,15,16);1H. The minimum absolute atomic E-state index is 0. The molecule has 20 heavy (non-hydrogen) atoms. The van der Waals surface area contributed by atoms with Crippen molar-refractivity contribution in [3.63, 3.8) is 0 Å².